The highest BCUT2D eigenvalue weighted by Crippen LogP contribution is 2.50. The lowest BCUT2D eigenvalue weighted by Crippen LogP contribution is -2.52. The summed E-state index contributed by atoms with van der Waals surface area (Å²) in [6, 6.07) is 11.0. The van der Waals surface area contributed by atoms with E-state index in [0.29, 0.717) is 24.0 Å². The summed E-state index contributed by atoms with van der Waals surface area (Å²) in [7, 11) is 0. The number of fused-ring (bicyclic) bond motifs is 1. The molecule has 0 spiro atoms. The van der Waals surface area contributed by atoms with Gasteiger partial charge in [-0.1, -0.05) is 84.0 Å². The molecule has 1 aromatic heterocycles. The molecule has 2 aromatic rings. The van der Waals surface area contributed by atoms with Gasteiger partial charge in [-0.15, -0.1) is 11.3 Å². The second kappa shape index (κ2) is 9.90. The summed E-state index contributed by atoms with van der Waals surface area (Å²) < 4.78 is 0. The van der Waals surface area contributed by atoms with Crippen LogP contribution >= 0.6 is 11.3 Å². The van der Waals surface area contributed by atoms with Crippen LogP contribution in [0.5, 0.6) is 0 Å². The number of carboxylic acid groups (broad SMARTS) is 1. The van der Waals surface area contributed by atoms with Crippen LogP contribution in [0.1, 0.15) is 70.5 Å². The summed E-state index contributed by atoms with van der Waals surface area (Å²) >= 11 is 1.83. The first-order valence-corrected chi connectivity index (χ1v) is 13.5. The van der Waals surface area contributed by atoms with E-state index in [2.05, 4.69) is 82.1 Å². The Morgan fingerprint density at radius 3 is 2.54 bits per heavy atom. The van der Waals surface area contributed by atoms with E-state index in [0.717, 1.165) is 24.6 Å². The summed E-state index contributed by atoms with van der Waals surface area (Å²) in [6.07, 6.45) is 7.36. The van der Waals surface area contributed by atoms with Crippen molar-refractivity contribution < 1.29 is 9.90 Å². The maximum Gasteiger partial charge on any atom is 0.335 e. The molecule has 0 radical (unpaired) electrons. The van der Waals surface area contributed by atoms with Crippen LogP contribution in [0, 0.1) is 5.92 Å². The van der Waals surface area contributed by atoms with Gasteiger partial charge in [-0.3, -0.25) is 0 Å². The Morgan fingerprint density at radius 1 is 1.23 bits per heavy atom. The molecule has 2 aliphatic carbocycles. The Bertz CT molecular complexity index is 1110. The molecule has 0 saturated heterocycles. The van der Waals surface area contributed by atoms with Gasteiger partial charge in [0.25, 0.3) is 0 Å². The normalized spacial score (nSPS) is 22.5. The van der Waals surface area contributed by atoms with Gasteiger partial charge in [0.05, 0.1) is 17.3 Å². The van der Waals surface area contributed by atoms with E-state index >= 15 is 0 Å². The van der Waals surface area contributed by atoms with Crippen molar-refractivity contribution in [2.45, 2.75) is 83.8 Å². The minimum atomic E-state index is -0.864. The Labute approximate surface area is 214 Å². The second-order valence-corrected chi connectivity index (χ2v) is 12.6. The predicted octanol–water partition coefficient (Wildman–Crippen LogP) is 6.06. The summed E-state index contributed by atoms with van der Waals surface area (Å²) in [5.74, 6) is -0.396. The molecule has 5 nitrogen and oxygen atoms in total. The molecule has 0 fully saturated rings. The van der Waals surface area contributed by atoms with E-state index in [4.69, 9.17) is 4.98 Å². The van der Waals surface area contributed by atoms with Gasteiger partial charge in [0.15, 0.2) is 5.13 Å². The molecule has 35 heavy (non-hydrogen) atoms. The fourth-order valence-electron chi connectivity index (χ4n) is 5.26. The van der Waals surface area contributed by atoms with E-state index in [-0.39, 0.29) is 16.9 Å². The number of aliphatic carboxylic acids is 1. The van der Waals surface area contributed by atoms with Crippen LogP contribution in [-0.2, 0) is 22.2 Å². The molecule has 0 bridgehead atoms. The zero-order chi connectivity index (χ0) is 25.4. The highest BCUT2D eigenvalue weighted by molar-refractivity contribution is 7.16. The smallest absolute Gasteiger partial charge is 0.335 e. The monoisotopic (exact) mass is 493 g/mol. The lowest BCUT2D eigenvalue weighted by molar-refractivity contribution is -0.132. The molecule has 2 unspecified atom stereocenters. The van der Waals surface area contributed by atoms with E-state index < -0.39 is 5.97 Å². The minimum absolute atomic E-state index is 0.0252. The molecule has 0 amide bonds. The summed E-state index contributed by atoms with van der Waals surface area (Å²) in [4.78, 5) is 20.5. The van der Waals surface area contributed by atoms with Crippen LogP contribution in [-0.4, -0.2) is 34.7 Å². The molecular formula is C29H39N3O2S. The van der Waals surface area contributed by atoms with Gasteiger partial charge in [0.2, 0.25) is 0 Å². The Morgan fingerprint density at radius 2 is 1.94 bits per heavy atom. The average Bonchev–Trinajstić information content (AvgIpc) is 3.28. The fraction of sp³-hybridized carbons (Fsp3) is 0.517. The third-order valence-electron chi connectivity index (χ3n) is 7.35. The number of carbonyl (C=O) groups is 1. The van der Waals surface area contributed by atoms with Crippen molar-refractivity contribution in [3.63, 3.8) is 0 Å². The van der Waals surface area contributed by atoms with Crippen molar-refractivity contribution in [3.05, 3.63) is 70.3 Å². The molecule has 2 N–H and O–H groups in total. The van der Waals surface area contributed by atoms with E-state index in [1.54, 1.807) is 6.08 Å². The number of nitrogens with zero attached hydrogens (tertiary/aromatic N) is 2. The van der Waals surface area contributed by atoms with Gasteiger partial charge in [-0.05, 0) is 30.4 Å². The molecule has 1 heterocycles. The van der Waals surface area contributed by atoms with Crippen molar-refractivity contribution in [1.82, 2.24) is 10.3 Å². The lowest BCUT2D eigenvalue weighted by atomic mass is 9.65. The molecule has 2 atom stereocenters. The van der Waals surface area contributed by atoms with Crippen molar-refractivity contribution >= 4 is 22.4 Å². The first-order chi connectivity index (χ1) is 16.5. The van der Waals surface area contributed by atoms with Crippen molar-refractivity contribution in [1.29, 1.82) is 0 Å². The zero-order valence-electron chi connectivity index (χ0n) is 21.8. The molecule has 0 saturated carbocycles. The highest BCUT2D eigenvalue weighted by atomic mass is 32.1. The number of nitrogens with one attached hydrogen (secondary N) is 1. The van der Waals surface area contributed by atoms with E-state index in [1.807, 2.05) is 23.5 Å². The van der Waals surface area contributed by atoms with Crippen LogP contribution in [0.2, 0.25) is 0 Å². The number of rotatable bonds is 8. The summed E-state index contributed by atoms with van der Waals surface area (Å²) in [5.41, 5.74) is 2.80. The maximum absolute atomic E-state index is 11.4. The zero-order valence-corrected chi connectivity index (χ0v) is 22.7. The van der Waals surface area contributed by atoms with Crippen LogP contribution in [0.15, 0.2) is 54.1 Å². The quantitative estimate of drug-likeness (QED) is 0.468. The van der Waals surface area contributed by atoms with Gasteiger partial charge >= 0.3 is 5.97 Å². The van der Waals surface area contributed by atoms with Crippen LogP contribution in [0.3, 0.4) is 0 Å². The minimum Gasteiger partial charge on any atom is -0.478 e. The number of hydrogen-bond donors (Lipinski definition) is 2. The molecule has 1 aromatic carbocycles. The summed E-state index contributed by atoms with van der Waals surface area (Å²) in [6.45, 7) is 15.5. The van der Waals surface area contributed by atoms with Crippen LogP contribution in [0.25, 0.3) is 0 Å². The van der Waals surface area contributed by atoms with Crippen LogP contribution in [0.4, 0.5) is 5.13 Å². The second-order valence-electron chi connectivity index (χ2n) is 11.6. The maximum atomic E-state index is 11.4. The van der Waals surface area contributed by atoms with Gasteiger partial charge in [-0.2, -0.15) is 0 Å². The topological polar surface area (TPSA) is 65.5 Å². The lowest BCUT2D eigenvalue weighted by Gasteiger charge is -2.45. The van der Waals surface area contributed by atoms with Crippen molar-refractivity contribution in [2.24, 2.45) is 5.92 Å². The standard InChI is InChI=1S/C29H39N3O2S/c1-19(2)18-32(22-14-12-21(13-15-22)26(33)34)27-31-24-25(35-27)28(3,4)16-23(29(24,5)6)30-17-20-10-8-7-9-11-20/h7-14,19,22-23,30H,15-18H2,1-6H3,(H,33,34). The van der Waals surface area contributed by atoms with Crippen molar-refractivity contribution in [2.75, 3.05) is 11.4 Å². The number of carboxylic acids is 1. The molecule has 6 heteroatoms. The first kappa shape index (κ1) is 25.6. The number of hydrogen-bond acceptors (Lipinski definition) is 5. The fourth-order valence-corrected chi connectivity index (χ4v) is 6.67. The van der Waals surface area contributed by atoms with Gasteiger partial charge in [0.1, 0.15) is 0 Å². The predicted molar refractivity (Wildman–Crippen MR) is 145 cm³/mol. The molecule has 0 aliphatic heterocycles. The largest absolute Gasteiger partial charge is 0.478 e. The van der Waals surface area contributed by atoms with E-state index in [9.17, 15) is 9.90 Å². The third kappa shape index (κ3) is 5.39. The first-order valence-electron chi connectivity index (χ1n) is 12.7. The Kier molecular flexibility index (Phi) is 7.26. The molecule has 4 rings (SSSR count). The number of thiazole rings is 1. The SMILES string of the molecule is CC(C)CN(c1nc2c(s1)C(C)(C)CC(NCc1ccccc1)C2(C)C)C1C=CC(C(=O)O)=CC1. The third-order valence-corrected chi connectivity index (χ3v) is 8.81. The van der Waals surface area contributed by atoms with Crippen LogP contribution < -0.4 is 10.2 Å². The molecule has 188 valence electrons. The number of anilines is 1. The van der Waals surface area contributed by atoms with Gasteiger partial charge < -0.3 is 15.3 Å². The average molecular weight is 494 g/mol. The van der Waals surface area contributed by atoms with Gasteiger partial charge in [-0.25, -0.2) is 9.78 Å². The molecule has 2 aliphatic rings. The Balaban J connectivity index is 1.64. The molecular weight excluding hydrogens is 454 g/mol. The van der Waals surface area contributed by atoms with Gasteiger partial charge in [0, 0.05) is 34.8 Å². The Hall–Kier alpha value is -2.44. The number of aromatic nitrogens is 1. The van der Waals surface area contributed by atoms with Crippen molar-refractivity contribution in [3.8, 4) is 0 Å². The van der Waals surface area contributed by atoms with E-state index in [1.165, 1.54) is 16.1 Å². The summed E-state index contributed by atoms with van der Waals surface area (Å²) in [5, 5.41) is 14.2. The highest BCUT2D eigenvalue weighted by Gasteiger charge is 2.47. The number of benzene rings is 1.